The standard InChI is InChI=1S/C17H25NO2/c1-4-16(2,3)18-15(19)17(10-12-20-13-11-17)14-8-6-5-7-9-14/h5-9H,4,10-13H2,1-3H3,(H,18,19). The van der Waals surface area contributed by atoms with Crippen LogP contribution in [0.3, 0.4) is 0 Å². The second kappa shape index (κ2) is 5.96. The van der Waals surface area contributed by atoms with Crippen LogP contribution in [-0.4, -0.2) is 24.7 Å². The minimum absolute atomic E-state index is 0.138. The summed E-state index contributed by atoms with van der Waals surface area (Å²) >= 11 is 0. The van der Waals surface area contributed by atoms with Gasteiger partial charge in [-0.25, -0.2) is 0 Å². The molecule has 1 saturated heterocycles. The van der Waals surface area contributed by atoms with Gasteiger partial charge in [0.2, 0.25) is 5.91 Å². The Kier molecular flexibility index (Phi) is 4.48. The van der Waals surface area contributed by atoms with E-state index in [2.05, 4.69) is 38.2 Å². The van der Waals surface area contributed by atoms with Crippen LogP contribution < -0.4 is 5.32 Å². The van der Waals surface area contributed by atoms with Gasteiger partial charge in [-0.1, -0.05) is 37.3 Å². The van der Waals surface area contributed by atoms with Crippen LogP contribution in [0.15, 0.2) is 30.3 Å². The van der Waals surface area contributed by atoms with Crippen molar-refractivity contribution in [2.75, 3.05) is 13.2 Å². The molecule has 3 nitrogen and oxygen atoms in total. The molecule has 1 fully saturated rings. The van der Waals surface area contributed by atoms with Crippen LogP contribution in [0.5, 0.6) is 0 Å². The van der Waals surface area contributed by atoms with Gasteiger partial charge >= 0.3 is 0 Å². The molecule has 1 aromatic carbocycles. The van der Waals surface area contributed by atoms with Gasteiger partial charge in [-0.3, -0.25) is 4.79 Å². The van der Waals surface area contributed by atoms with Gasteiger partial charge in [-0.2, -0.15) is 0 Å². The number of carbonyl (C=O) groups excluding carboxylic acids is 1. The molecule has 1 aliphatic heterocycles. The summed E-state index contributed by atoms with van der Waals surface area (Å²) in [6.45, 7) is 7.54. The third-order valence-electron chi connectivity index (χ3n) is 4.44. The highest BCUT2D eigenvalue weighted by molar-refractivity contribution is 5.89. The van der Waals surface area contributed by atoms with Gasteiger partial charge < -0.3 is 10.1 Å². The van der Waals surface area contributed by atoms with Gasteiger partial charge in [0, 0.05) is 18.8 Å². The van der Waals surface area contributed by atoms with Gasteiger partial charge in [-0.15, -0.1) is 0 Å². The predicted molar refractivity (Wildman–Crippen MR) is 80.7 cm³/mol. The summed E-state index contributed by atoms with van der Waals surface area (Å²) in [4.78, 5) is 12.9. The van der Waals surface area contributed by atoms with Crippen LogP contribution in [0.1, 0.15) is 45.6 Å². The van der Waals surface area contributed by atoms with E-state index in [9.17, 15) is 4.79 Å². The number of amides is 1. The van der Waals surface area contributed by atoms with Crippen molar-refractivity contribution in [1.29, 1.82) is 0 Å². The zero-order valence-corrected chi connectivity index (χ0v) is 12.7. The molecular formula is C17H25NO2. The Morgan fingerprint density at radius 3 is 2.40 bits per heavy atom. The molecule has 0 unspecified atom stereocenters. The molecular weight excluding hydrogens is 250 g/mol. The zero-order chi connectivity index (χ0) is 14.6. The second-order valence-corrected chi connectivity index (χ2v) is 6.25. The molecule has 3 heteroatoms. The smallest absolute Gasteiger partial charge is 0.231 e. The van der Waals surface area contributed by atoms with E-state index in [4.69, 9.17) is 4.74 Å². The second-order valence-electron chi connectivity index (χ2n) is 6.25. The highest BCUT2D eigenvalue weighted by Crippen LogP contribution is 2.35. The minimum atomic E-state index is -0.439. The van der Waals surface area contributed by atoms with Gasteiger partial charge in [-0.05, 0) is 38.7 Å². The lowest BCUT2D eigenvalue weighted by Crippen LogP contribution is -2.54. The maximum Gasteiger partial charge on any atom is 0.231 e. The number of benzene rings is 1. The van der Waals surface area contributed by atoms with E-state index in [0.29, 0.717) is 13.2 Å². The molecule has 0 aliphatic carbocycles. The Morgan fingerprint density at radius 1 is 1.25 bits per heavy atom. The van der Waals surface area contributed by atoms with Crippen molar-refractivity contribution in [1.82, 2.24) is 5.32 Å². The van der Waals surface area contributed by atoms with E-state index in [0.717, 1.165) is 24.8 Å². The fraction of sp³-hybridized carbons (Fsp3) is 0.588. The highest BCUT2D eigenvalue weighted by atomic mass is 16.5. The van der Waals surface area contributed by atoms with Crippen molar-refractivity contribution in [2.24, 2.45) is 0 Å². The lowest BCUT2D eigenvalue weighted by atomic mass is 9.73. The molecule has 1 N–H and O–H groups in total. The molecule has 0 radical (unpaired) electrons. The number of hydrogen-bond donors (Lipinski definition) is 1. The Balaban J connectivity index is 2.30. The summed E-state index contributed by atoms with van der Waals surface area (Å²) in [7, 11) is 0. The average Bonchev–Trinajstić information content (AvgIpc) is 2.48. The third kappa shape index (κ3) is 3.04. The molecule has 0 atom stereocenters. The first kappa shape index (κ1) is 15.0. The third-order valence-corrected chi connectivity index (χ3v) is 4.44. The molecule has 1 amide bonds. The molecule has 0 aromatic heterocycles. The van der Waals surface area contributed by atoms with E-state index >= 15 is 0 Å². The van der Waals surface area contributed by atoms with Crippen LogP contribution in [0.4, 0.5) is 0 Å². The topological polar surface area (TPSA) is 38.3 Å². The van der Waals surface area contributed by atoms with E-state index in [-0.39, 0.29) is 11.4 Å². The monoisotopic (exact) mass is 275 g/mol. The first-order valence-electron chi connectivity index (χ1n) is 7.46. The van der Waals surface area contributed by atoms with E-state index in [1.807, 2.05) is 18.2 Å². The SMILES string of the molecule is CCC(C)(C)NC(=O)C1(c2ccccc2)CCOCC1. The first-order valence-corrected chi connectivity index (χ1v) is 7.46. The van der Waals surface area contributed by atoms with Gasteiger partial charge in [0.15, 0.2) is 0 Å². The average molecular weight is 275 g/mol. The van der Waals surface area contributed by atoms with Gasteiger partial charge in [0.05, 0.1) is 5.41 Å². The summed E-state index contributed by atoms with van der Waals surface area (Å²) in [5, 5.41) is 3.22. The van der Waals surface area contributed by atoms with Crippen molar-refractivity contribution in [3.63, 3.8) is 0 Å². The number of rotatable bonds is 4. The summed E-state index contributed by atoms with van der Waals surface area (Å²) in [6.07, 6.45) is 2.42. The molecule has 2 rings (SSSR count). The van der Waals surface area contributed by atoms with Crippen LogP contribution in [0.25, 0.3) is 0 Å². The van der Waals surface area contributed by atoms with E-state index in [1.54, 1.807) is 0 Å². The predicted octanol–water partition coefficient (Wildman–Crippen LogP) is 3.04. The maximum atomic E-state index is 12.9. The maximum absolute atomic E-state index is 12.9. The van der Waals surface area contributed by atoms with Crippen LogP contribution in [0.2, 0.25) is 0 Å². The Morgan fingerprint density at radius 2 is 1.85 bits per heavy atom. The summed E-state index contributed by atoms with van der Waals surface area (Å²) in [5.74, 6) is 0.138. The number of ether oxygens (including phenoxy) is 1. The van der Waals surface area contributed by atoms with Crippen LogP contribution >= 0.6 is 0 Å². The Labute approximate surface area is 121 Å². The normalized spacial score (nSPS) is 18.6. The molecule has 0 saturated carbocycles. The van der Waals surface area contributed by atoms with Crippen molar-refractivity contribution in [3.05, 3.63) is 35.9 Å². The van der Waals surface area contributed by atoms with Gasteiger partial charge in [0.1, 0.15) is 0 Å². The molecule has 20 heavy (non-hydrogen) atoms. The largest absolute Gasteiger partial charge is 0.381 e. The molecule has 1 aromatic rings. The molecule has 0 bridgehead atoms. The van der Waals surface area contributed by atoms with E-state index < -0.39 is 5.41 Å². The van der Waals surface area contributed by atoms with Crippen molar-refractivity contribution >= 4 is 5.91 Å². The number of hydrogen-bond acceptors (Lipinski definition) is 2. The highest BCUT2D eigenvalue weighted by Gasteiger charge is 2.42. The van der Waals surface area contributed by atoms with Crippen LogP contribution in [-0.2, 0) is 14.9 Å². The van der Waals surface area contributed by atoms with Crippen molar-refractivity contribution in [2.45, 2.75) is 51.0 Å². The van der Waals surface area contributed by atoms with Crippen molar-refractivity contribution < 1.29 is 9.53 Å². The fourth-order valence-corrected chi connectivity index (χ4v) is 2.64. The number of carbonyl (C=O) groups is 1. The molecule has 1 heterocycles. The van der Waals surface area contributed by atoms with Gasteiger partial charge in [0.25, 0.3) is 0 Å². The lowest BCUT2D eigenvalue weighted by Gasteiger charge is -2.39. The Bertz CT molecular complexity index is 447. The lowest BCUT2D eigenvalue weighted by molar-refractivity contribution is -0.132. The minimum Gasteiger partial charge on any atom is -0.381 e. The molecule has 1 aliphatic rings. The zero-order valence-electron chi connectivity index (χ0n) is 12.7. The molecule has 110 valence electrons. The number of nitrogens with one attached hydrogen (secondary N) is 1. The first-order chi connectivity index (χ1) is 9.50. The van der Waals surface area contributed by atoms with Crippen LogP contribution in [0, 0.1) is 0 Å². The molecule has 0 spiro atoms. The van der Waals surface area contributed by atoms with E-state index in [1.165, 1.54) is 0 Å². The summed E-state index contributed by atoms with van der Waals surface area (Å²) < 4.78 is 5.47. The quantitative estimate of drug-likeness (QED) is 0.917. The summed E-state index contributed by atoms with van der Waals surface area (Å²) in [6, 6.07) is 10.1. The Hall–Kier alpha value is -1.35. The fourth-order valence-electron chi connectivity index (χ4n) is 2.64. The van der Waals surface area contributed by atoms with Crippen molar-refractivity contribution in [3.8, 4) is 0 Å². The summed E-state index contributed by atoms with van der Waals surface area (Å²) in [5.41, 5.74) is 0.496.